The molecule has 0 unspecified atom stereocenters. The summed E-state index contributed by atoms with van der Waals surface area (Å²) >= 11 is 0. The molecule has 0 aliphatic rings. The molecule has 0 radical (unpaired) electrons. The fraction of sp³-hybridized carbons (Fsp3) is 0.375. The van der Waals surface area contributed by atoms with Crippen molar-refractivity contribution in [1.82, 2.24) is 10.2 Å². The van der Waals surface area contributed by atoms with Crippen LogP contribution in [-0.4, -0.2) is 10.2 Å². The van der Waals surface area contributed by atoms with Gasteiger partial charge in [-0.25, -0.2) is 0 Å². The summed E-state index contributed by atoms with van der Waals surface area (Å²) in [6.45, 7) is 8.99. The van der Waals surface area contributed by atoms with Crippen LogP contribution in [0.5, 0.6) is 11.6 Å². The molecule has 0 bridgehead atoms. The molecule has 0 aliphatic heterocycles. The monoisotopic (exact) mass is 271 g/mol. The van der Waals surface area contributed by atoms with E-state index in [0.29, 0.717) is 12.4 Å². The number of nitrogens with two attached hydrogens (primary N) is 1. The number of ether oxygens (including phenoxy) is 1. The number of hydrogen-bond donors (Lipinski definition) is 1. The van der Waals surface area contributed by atoms with Gasteiger partial charge < -0.3 is 10.5 Å². The second-order valence-corrected chi connectivity index (χ2v) is 5.90. The molecule has 1 aromatic heterocycles. The summed E-state index contributed by atoms with van der Waals surface area (Å²) in [6.07, 6.45) is 1.62. The molecule has 0 saturated carbocycles. The molecule has 20 heavy (non-hydrogen) atoms. The first-order valence-electron chi connectivity index (χ1n) is 6.71. The Morgan fingerprint density at radius 3 is 2.55 bits per heavy atom. The minimum absolute atomic E-state index is 0.123. The lowest BCUT2D eigenvalue weighted by molar-refractivity contribution is 0.444. The van der Waals surface area contributed by atoms with E-state index in [2.05, 4.69) is 43.1 Å². The average molecular weight is 271 g/mol. The first kappa shape index (κ1) is 14.5. The molecular formula is C16H21N3O. The summed E-state index contributed by atoms with van der Waals surface area (Å²) in [5, 5.41) is 7.85. The topological polar surface area (TPSA) is 61.0 Å². The van der Waals surface area contributed by atoms with Gasteiger partial charge in [0.25, 0.3) is 0 Å². The SMILES string of the molecule is Cc1cc(C(C)(C)C)ccc1Oc1nnccc1CN. The van der Waals surface area contributed by atoms with E-state index in [1.165, 1.54) is 5.56 Å². The maximum Gasteiger partial charge on any atom is 0.243 e. The third-order valence-electron chi connectivity index (χ3n) is 3.23. The maximum absolute atomic E-state index is 5.85. The summed E-state index contributed by atoms with van der Waals surface area (Å²) < 4.78 is 5.85. The van der Waals surface area contributed by atoms with Crippen LogP contribution in [0.25, 0.3) is 0 Å². The predicted molar refractivity (Wildman–Crippen MR) is 79.9 cm³/mol. The van der Waals surface area contributed by atoms with Crippen molar-refractivity contribution in [2.24, 2.45) is 5.73 Å². The molecule has 0 spiro atoms. The average Bonchev–Trinajstić information content (AvgIpc) is 2.40. The smallest absolute Gasteiger partial charge is 0.243 e. The summed E-state index contributed by atoms with van der Waals surface area (Å²) in [7, 11) is 0. The van der Waals surface area contributed by atoms with Crippen molar-refractivity contribution in [2.45, 2.75) is 39.7 Å². The van der Waals surface area contributed by atoms with Crippen molar-refractivity contribution >= 4 is 0 Å². The van der Waals surface area contributed by atoms with Gasteiger partial charge in [-0.3, -0.25) is 0 Å². The van der Waals surface area contributed by atoms with Gasteiger partial charge in [-0.05, 0) is 35.6 Å². The van der Waals surface area contributed by atoms with E-state index < -0.39 is 0 Å². The molecule has 0 saturated heterocycles. The Balaban J connectivity index is 2.31. The lowest BCUT2D eigenvalue weighted by Gasteiger charge is -2.20. The summed E-state index contributed by atoms with van der Waals surface area (Å²) in [4.78, 5) is 0. The molecule has 4 nitrogen and oxygen atoms in total. The van der Waals surface area contributed by atoms with Crippen LogP contribution in [-0.2, 0) is 12.0 Å². The Labute approximate surface area is 120 Å². The van der Waals surface area contributed by atoms with Gasteiger partial charge in [-0.15, -0.1) is 5.10 Å². The summed E-state index contributed by atoms with van der Waals surface area (Å²) in [6, 6.07) is 8.03. The molecule has 0 atom stereocenters. The number of aryl methyl sites for hydroxylation is 1. The van der Waals surface area contributed by atoms with Crippen LogP contribution < -0.4 is 10.5 Å². The number of rotatable bonds is 3. The maximum atomic E-state index is 5.85. The van der Waals surface area contributed by atoms with E-state index in [4.69, 9.17) is 10.5 Å². The highest BCUT2D eigenvalue weighted by molar-refractivity contribution is 5.41. The van der Waals surface area contributed by atoms with Gasteiger partial charge in [0.05, 0.1) is 6.20 Å². The molecule has 1 aromatic carbocycles. The Hall–Kier alpha value is -1.94. The Kier molecular flexibility index (Phi) is 4.04. The first-order chi connectivity index (χ1) is 9.41. The van der Waals surface area contributed by atoms with E-state index in [-0.39, 0.29) is 5.41 Å². The van der Waals surface area contributed by atoms with Crippen LogP contribution in [0, 0.1) is 6.92 Å². The molecule has 2 N–H and O–H groups in total. The molecule has 2 rings (SSSR count). The lowest BCUT2D eigenvalue weighted by atomic mass is 9.86. The Morgan fingerprint density at radius 1 is 1.20 bits per heavy atom. The molecular weight excluding hydrogens is 250 g/mol. The van der Waals surface area contributed by atoms with Crippen LogP contribution in [0.1, 0.15) is 37.5 Å². The van der Waals surface area contributed by atoms with Gasteiger partial charge in [-0.1, -0.05) is 32.9 Å². The molecule has 1 heterocycles. The number of hydrogen-bond acceptors (Lipinski definition) is 4. The number of aromatic nitrogens is 2. The summed E-state index contributed by atoms with van der Waals surface area (Å²) in [5.74, 6) is 1.26. The highest BCUT2D eigenvalue weighted by atomic mass is 16.5. The number of benzene rings is 1. The molecule has 4 heteroatoms. The Morgan fingerprint density at radius 2 is 1.95 bits per heavy atom. The van der Waals surface area contributed by atoms with E-state index in [1.807, 2.05) is 19.1 Å². The van der Waals surface area contributed by atoms with Crippen molar-refractivity contribution in [2.75, 3.05) is 0 Å². The van der Waals surface area contributed by atoms with E-state index >= 15 is 0 Å². The van der Waals surface area contributed by atoms with E-state index in [9.17, 15) is 0 Å². The zero-order chi connectivity index (χ0) is 14.8. The Bertz CT molecular complexity index is 603. The molecule has 106 valence electrons. The van der Waals surface area contributed by atoms with Gasteiger partial charge in [0.2, 0.25) is 5.88 Å². The second kappa shape index (κ2) is 5.59. The largest absolute Gasteiger partial charge is 0.437 e. The minimum atomic E-state index is 0.123. The zero-order valence-corrected chi connectivity index (χ0v) is 12.5. The normalized spacial score (nSPS) is 11.4. The summed E-state index contributed by atoms with van der Waals surface area (Å²) in [5.41, 5.74) is 9.00. The second-order valence-electron chi connectivity index (χ2n) is 5.90. The zero-order valence-electron chi connectivity index (χ0n) is 12.5. The quantitative estimate of drug-likeness (QED) is 0.930. The number of nitrogens with zero attached hydrogens (tertiary/aromatic N) is 2. The van der Waals surface area contributed by atoms with E-state index in [1.54, 1.807) is 6.20 Å². The lowest BCUT2D eigenvalue weighted by Crippen LogP contribution is -2.11. The highest BCUT2D eigenvalue weighted by Gasteiger charge is 2.15. The molecule has 0 amide bonds. The van der Waals surface area contributed by atoms with Crippen LogP contribution in [0.2, 0.25) is 0 Å². The third-order valence-corrected chi connectivity index (χ3v) is 3.23. The molecule has 0 aliphatic carbocycles. The molecule has 2 aromatic rings. The van der Waals surface area contributed by atoms with E-state index in [0.717, 1.165) is 16.9 Å². The van der Waals surface area contributed by atoms with Gasteiger partial charge in [0, 0.05) is 12.1 Å². The van der Waals surface area contributed by atoms with Crippen LogP contribution in [0.3, 0.4) is 0 Å². The van der Waals surface area contributed by atoms with Crippen molar-refractivity contribution in [3.05, 3.63) is 47.2 Å². The van der Waals surface area contributed by atoms with Crippen molar-refractivity contribution in [3.63, 3.8) is 0 Å². The van der Waals surface area contributed by atoms with Crippen molar-refractivity contribution < 1.29 is 4.74 Å². The van der Waals surface area contributed by atoms with Gasteiger partial charge >= 0.3 is 0 Å². The first-order valence-corrected chi connectivity index (χ1v) is 6.71. The van der Waals surface area contributed by atoms with Gasteiger partial charge in [0.15, 0.2) is 0 Å². The minimum Gasteiger partial charge on any atom is -0.437 e. The fourth-order valence-corrected chi connectivity index (χ4v) is 1.92. The molecule has 0 fully saturated rings. The van der Waals surface area contributed by atoms with Crippen LogP contribution >= 0.6 is 0 Å². The third kappa shape index (κ3) is 3.14. The standard InChI is InChI=1S/C16H21N3O/c1-11-9-13(16(2,3)4)5-6-14(11)20-15-12(10-17)7-8-18-19-15/h5-9H,10,17H2,1-4H3. The van der Waals surface area contributed by atoms with Crippen LogP contribution in [0.15, 0.2) is 30.5 Å². The predicted octanol–water partition coefficient (Wildman–Crippen LogP) is 3.33. The highest BCUT2D eigenvalue weighted by Crippen LogP contribution is 2.30. The van der Waals surface area contributed by atoms with Crippen molar-refractivity contribution in [1.29, 1.82) is 0 Å². The fourth-order valence-electron chi connectivity index (χ4n) is 1.92. The van der Waals surface area contributed by atoms with Crippen LogP contribution in [0.4, 0.5) is 0 Å². The van der Waals surface area contributed by atoms with Gasteiger partial charge in [-0.2, -0.15) is 5.10 Å². The van der Waals surface area contributed by atoms with Gasteiger partial charge in [0.1, 0.15) is 5.75 Å². The van der Waals surface area contributed by atoms with Crippen molar-refractivity contribution in [3.8, 4) is 11.6 Å².